The molecule has 1 unspecified atom stereocenters. The molecule has 1 atom stereocenters. The van der Waals surface area contributed by atoms with Crippen LogP contribution in [0.15, 0.2) is 24.3 Å². The molecular weight excluding hydrogens is 249 g/mol. The van der Waals surface area contributed by atoms with Crippen LogP contribution >= 0.6 is 0 Å². The zero-order valence-electron chi connectivity index (χ0n) is 11.7. The molecule has 5 heteroatoms. The first-order valence-electron chi connectivity index (χ1n) is 6.06. The van der Waals surface area contributed by atoms with Crippen molar-refractivity contribution in [3.05, 3.63) is 35.6 Å². The van der Waals surface area contributed by atoms with Gasteiger partial charge < -0.3 is 14.7 Å². The van der Waals surface area contributed by atoms with Crippen LogP contribution in [0.5, 0.6) is 0 Å². The van der Waals surface area contributed by atoms with Crippen LogP contribution < -0.4 is 0 Å². The summed E-state index contributed by atoms with van der Waals surface area (Å²) in [5.41, 5.74) is 0.0472. The number of benzene rings is 1. The maximum absolute atomic E-state index is 12.9. The third-order valence-corrected chi connectivity index (χ3v) is 2.58. The number of halogens is 1. The highest BCUT2D eigenvalue weighted by molar-refractivity contribution is 5.68. The summed E-state index contributed by atoms with van der Waals surface area (Å²) < 4.78 is 18.1. The second-order valence-corrected chi connectivity index (χ2v) is 5.34. The fourth-order valence-electron chi connectivity index (χ4n) is 1.60. The number of hydrogen-bond donors (Lipinski definition) is 1. The van der Waals surface area contributed by atoms with Gasteiger partial charge in [-0.25, -0.2) is 9.18 Å². The largest absolute Gasteiger partial charge is 0.444 e. The number of aliphatic hydroxyl groups excluding tert-OH is 1. The second kappa shape index (κ2) is 6.02. The smallest absolute Gasteiger partial charge is 0.410 e. The van der Waals surface area contributed by atoms with Crippen LogP contribution in [0.4, 0.5) is 9.18 Å². The van der Waals surface area contributed by atoms with E-state index in [1.54, 1.807) is 20.8 Å². The standard InChI is InChI=1S/C14H20FNO3/c1-14(2,3)19-13(18)16(4)12(9-17)10-5-7-11(15)8-6-10/h5-8,12,17H,9H2,1-4H3. The monoisotopic (exact) mass is 269 g/mol. The molecule has 0 spiro atoms. The van der Waals surface area contributed by atoms with E-state index in [-0.39, 0.29) is 12.4 Å². The van der Waals surface area contributed by atoms with E-state index in [0.29, 0.717) is 5.56 Å². The third-order valence-electron chi connectivity index (χ3n) is 2.58. The van der Waals surface area contributed by atoms with Crippen molar-refractivity contribution in [2.75, 3.05) is 13.7 Å². The van der Waals surface area contributed by atoms with E-state index < -0.39 is 17.7 Å². The number of carbonyl (C=O) groups is 1. The number of aliphatic hydroxyl groups is 1. The molecule has 4 nitrogen and oxygen atoms in total. The molecule has 0 aromatic heterocycles. The molecule has 1 rings (SSSR count). The number of carbonyl (C=O) groups excluding carboxylic acids is 1. The maximum atomic E-state index is 12.9. The van der Waals surface area contributed by atoms with Gasteiger partial charge in [0.2, 0.25) is 0 Å². The van der Waals surface area contributed by atoms with Crippen LogP contribution in [0.1, 0.15) is 32.4 Å². The van der Waals surface area contributed by atoms with Gasteiger partial charge in [0.15, 0.2) is 0 Å². The zero-order valence-corrected chi connectivity index (χ0v) is 11.7. The number of amides is 1. The predicted octanol–water partition coefficient (Wildman–Crippen LogP) is 2.73. The van der Waals surface area contributed by atoms with Gasteiger partial charge in [0.1, 0.15) is 11.4 Å². The van der Waals surface area contributed by atoms with Gasteiger partial charge in [-0.3, -0.25) is 0 Å². The highest BCUT2D eigenvalue weighted by atomic mass is 19.1. The Hall–Kier alpha value is -1.62. The van der Waals surface area contributed by atoms with Gasteiger partial charge in [0, 0.05) is 7.05 Å². The van der Waals surface area contributed by atoms with Gasteiger partial charge in [0.05, 0.1) is 12.6 Å². The van der Waals surface area contributed by atoms with Gasteiger partial charge >= 0.3 is 6.09 Å². The number of hydrogen-bond acceptors (Lipinski definition) is 3. The van der Waals surface area contributed by atoms with Crippen molar-refractivity contribution < 1.29 is 19.0 Å². The number of ether oxygens (including phenoxy) is 1. The van der Waals surface area contributed by atoms with E-state index in [2.05, 4.69) is 0 Å². The Morgan fingerprint density at radius 1 is 1.37 bits per heavy atom. The molecule has 1 amide bonds. The van der Waals surface area contributed by atoms with Crippen molar-refractivity contribution >= 4 is 6.09 Å². The summed E-state index contributed by atoms with van der Waals surface area (Å²) in [5, 5.41) is 9.42. The minimum atomic E-state index is -0.603. The van der Waals surface area contributed by atoms with Crippen LogP contribution in [-0.2, 0) is 4.74 Å². The normalized spacial score (nSPS) is 12.9. The molecule has 0 saturated carbocycles. The first-order chi connectivity index (χ1) is 8.74. The maximum Gasteiger partial charge on any atom is 0.410 e. The summed E-state index contributed by atoms with van der Waals surface area (Å²) in [6.07, 6.45) is -0.532. The Kier molecular flexibility index (Phi) is 4.89. The van der Waals surface area contributed by atoms with E-state index in [1.165, 1.54) is 36.2 Å². The number of rotatable bonds is 3. The Balaban J connectivity index is 2.85. The molecule has 0 aliphatic rings. The quantitative estimate of drug-likeness (QED) is 0.918. The van der Waals surface area contributed by atoms with Crippen LogP contribution in [-0.4, -0.2) is 35.4 Å². The highest BCUT2D eigenvalue weighted by Gasteiger charge is 2.25. The number of likely N-dealkylation sites (N-methyl/N-ethyl adjacent to an activating group) is 1. The van der Waals surface area contributed by atoms with Crippen molar-refractivity contribution in [2.45, 2.75) is 32.4 Å². The lowest BCUT2D eigenvalue weighted by atomic mass is 10.1. The molecule has 0 aliphatic carbocycles. The minimum absolute atomic E-state index is 0.263. The Morgan fingerprint density at radius 2 is 1.89 bits per heavy atom. The van der Waals surface area contributed by atoms with E-state index in [0.717, 1.165) is 0 Å². The summed E-state index contributed by atoms with van der Waals surface area (Å²) in [5.74, 6) is -0.361. The first kappa shape index (κ1) is 15.4. The topological polar surface area (TPSA) is 49.8 Å². The molecule has 19 heavy (non-hydrogen) atoms. The SMILES string of the molecule is CN(C(=O)OC(C)(C)C)C(CO)c1ccc(F)cc1. The van der Waals surface area contributed by atoms with Crippen LogP contribution in [0.3, 0.4) is 0 Å². The summed E-state index contributed by atoms with van der Waals surface area (Å²) in [6.45, 7) is 5.04. The molecule has 0 heterocycles. The third kappa shape index (κ3) is 4.52. The van der Waals surface area contributed by atoms with Crippen molar-refractivity contribution in [3.8, 4) is 0 Å². The highest BCUT2D eigenvalue weighted by Crippen LogP contribution is 2.21. The molecule has 0 aliphatic heterocycles. The average molecular weight is 269 g/mol. The molecule has 0 saturated heterocycles. The van der Waals surface area contributed by atoms with Crippen LogP contribution in [0, 0.1) is 5.82 Å². The molecule has 1 aromatic rings. The van der Waals surface area contributed by atoms with E-state index in [1.807, 2.05) is 0 Å². The molecule has 0 fully saturated rings. The second-order valence-electron chi connectivity index (χ2n) is 5.34. The van der Waals surface area contributed by atoms with Gasteiger partial charge in [-0.05, 0) is 38.5 Å². The van der Waals surface area contributed by atoms with Crippen LogP contribution in [0.2, 0.25) is 0 Å². The van der Waals surface area contributed by atoms with Gasteiger partial charge in [-0.2, -0.15) is 0 Å². The average Bonchev–Trinajstić information content (AvgIpc) is 2.30. The molecular formula is C14H20FNO3. The van der Waals surface area contributed by atoms with E-state index in [9.17, 15) is 14.3 Å². The molecule has 0 radical (unpaired) electrons. The lowest BCUT2D eigenvalue weighted by molar-refractivity contribution is 0.0159. The Labute approximate surface area is 112 Å². The predicted molar refractivity (Wildman–Crippen MR) is 70.2 cm³/mol. The fourth-order valence-corrected chi connectivity index (χ4v) is 1.60. The summed E-state index contributed by atoms with van der Waals surface area (Å²) in [4.78, 5) is 13.2. The Morgan fingerprint density at radius 3 is 2.32 bits per heavy atom. The molecule has 1 N–H and O–H groups in total. The first-order valence-corrected chi connectivity index (χ1v) is 6.06. The van der Waals surface area contributed by atoms with E-state index >= 15 is 0 Å². The molecule has 0 bridgehead atoms. The van der Waals surface area contributed by atoms with Crippen LogP contribution in [0.25, 0.3) is 0 Å². The van der Waals surface area contributed by atoms with Gasteiger partial charge in [-0.1, -0.05) is 12.1 Å². The van der Waals surface area contributed by atoms with E-state index in [4.69, 9.17) is 4.74 Å². The number of nitrogens with zero attached hydrogens (tertiary/aromatic N) is 1. The van der Waals surface area contributed by atoms with Crippen molar-refractivity contribution in [1.82, 2.24) is 4.90 Å². The molecule has 106 valence electrons. The van der Waals surface area contributed by atoms with Gasteiger partial charge in [0.25, 0.3) is 0 Å². The minimum Gasteiger partial charge on any atom is -0.444 e. The van der Waals surface area contributed by atoms with Crippen molar-refractivity contribution in [1.29, 1.82) is 0 Å². The summed E-state index contributed by atoms with van der Waals surface area (Å²) in [6, 6.07) is 5.10. The summed E-state index contributed by atoms with van der Waals surface area (Å²) in [7, 11) is 1.54. The zero-order chi connectivity index (χ0) is 14.6. The van der Waals surface area contributed by atoms with Crippen molar-refractivity contribution in [2.24, 2.45) is 0 Å². The van der Waals surface area contributed by atoms with Gasteiger partial charge in [-0.15, -0.1) is 0 Å². The lowest BCUT2D eigenvalue weighted by Crippen LogP contribution is -2.37. The Bertz CT molecular complexity index is 425. The summed E-state index contributed by atoms with van der Waals surface area (Å²) >= 11 is 0. The molecule has 1 aromatic carbocycles. The lowest BCUT2D eigenvalue weighted by Gasteiger charge is -2.30. The fraction of sp³-hybridized carbons (Fsp3) is 0.500. The van der Waals surface area contributed by atoms with Crippen molar-refractivity contribution in [3.63, 3.8) is 0 Å².